The molecule has 0 saturated carbocycles. The number of carbonyl (C=O) groups is 1. The van der Waals surface area contributed by atoms with Crippen molar-refractivity contribution in [1.29, 1.82) is 0 Å². The van der Waals surface area contributed by atoms with Crippen molar-refractivity contribution < 1.29 is 33.0 Å². The van der Waals surface area contributed by atoms with Gasteiger partial charge in [0.15, 0.2) is 11.5 Å². The summed E-state index contributed by atoms with van der Waals surface area (Å²) in [6.45, 7) is 0.0182. The number of hydrogen-bond donors (Lipinski definition) is 2. The van der Waals surface area contributed by atoms with Gasteiger partial charge in [0.1, 0.15) is 11.5 Å². The molecule has 0 bridgehead atoms. The van der Waals surface area contributed by atoms with Gasteiger partial charge in [0.2, 0.25) is 17.5 Å². The zero-order chi connectivity index (χ0) is 23.1. The van der Waals surface area contributed by atoms with Crippen molar-refractivity contribution in [3.8, 4) is 40.1 Å². The van der Waals surface area contributed by atoms with Crippen LogP contribution >= 0.6 is 0 Å². The van der Waals surface area contributed by atoms with E-state index in [1.165, 1.54) is 35.5 Å². The van der Waals surface area contributed by atoms with Crippen molar-refractivity contribution in [2.75, 3.05) is 40.9 Å². The van der Waals surface area contributed by atoms with Gasteiger partial charge in [0, 0.05) is 29.4 Å². The standard InChI is InChI=1S/C21H24N4O7/c1-27-14-8-13(9-15(10-14)28-2)23-21(26)22-11-18-24-20(25-32-18)12-6-16(29-3)19(31-5)17(7-12)30-4/h6-10H,11H2,1-5H3,(H2,22,23,26). The van der Waals surface area contributed by atoms with E-state index in [2.05, 4.69) is 20.8 Å². The van der Waals surface area contributed by atoms with Crippen LogP contribution in [0.3, 0.4) is 0 Å². The Morgan fingerprint density at radius 3 is 2.03 bits per heavy atom. The third kappa shape index (κ3) is 5.12. The third-order valence-electron chi connectivity index (χ3n) is 4.40. The van der Waals surface area contributed by atoms with Crippen molar-refractivity contribution >= 4 is 11.7 Å². The Kier molecular flexibility index (Phi) is 7.21. The second-order valence-electron chi connectivity index (χ2n) is 6.33. The Morgan fingerprint density at radius 2 is 1.50 bits per heavy atom. The highest BCUT2D eigenvalue weighted by Gasteiger charge is 2.17. The quantitative estimate of drug-likeness (QED) is 0.512. The number of hydrogen-bond acceptors (Lipinski definition) is 9. The summed E-state index contributed by atoms with van der Waals surface area (Å²) in [5.74, 6) is 2.98. The summed E-state index contributed by atoms with van der Waals surface area (Å²) in [7, 11) is 7.61. The number of nitrogens with zero attached hydrogens (tertiary/aromatic N) is 2. The maximum atomic E-state index is 12.3. The fraction of sp³-hybridized carbons (Fsp3) is 0.286. The van der Waals surface area contributed by atoms with Crippen molar-refractivity contribution in [3.05, 3.63) is 36.2 Å². The SMILES string of the molecule is COc1cc(NC(=O)NCc2nc(-c3cc(OC)c(OC)c(OC)c3)no2)cc(OC)c1. The van der Waals surface area contributed by atoms with Crippen LogP contribution in [-0.2, 0) is 6.54 Å². The Morgan fingerprint density at radius 1 is 0.875 bits per heavy atom. The summed E-state index contributed by atoms with van der Waals surface area (Å²) < 4.78 is 31.6. The first kappa shape index (κ1) is 22.5. The molecule has 0 fully saturated rings. The number of rotatable bonds is 9. The lowest BCUT2D eigenvalue weighted by atomic mass is 10.1. The number of methoxy groups -OCH3 is 5. The molecule has 0 aliphatic carbocycles. The summed E-state index contributed by atoms with van der Waals surface area (Å²) in [4.78, 5) is 16.6. The Hall–Kier alpha value is -4.15. The van der Waals surface area contributed by atoms with E-state index in [0.717, 1.165) is 0 Å². The number of urea groups is 1. The minimum Gasteiger partial charge on any atom is -0.497 e. The van der Waals surface area contributed by atoms with E-state index in [0.29, 0.717) is 45.8 Å². The molecule has 0 radical (unpaired) electrons. The molecular formula is C21H24N4O7. The van der Waals surface area contributed by atoms with Crippen molar-refractivity contribution in [1.82, 2.24) is 15.5 Å². The first-order chi connectivity index (χ1) is 15.5. The lowest BCUT2D eigenvalue weighted by Gasteiger charge is -2.12. The number of amides is 2. The van der Waals surface area contributed by atoms with Gasteiger partial charge in [-0.15, -0.1) is 0 Å². The second-order valence-corrected chi connectivity index (χ2v) is 6.33. The number of nitrogens with one attached hydrogen (secondary N) is 2. The molecule has 0 aliphatic heterocycles. The van der Waals surface area contributed by atoms with Crippen LogP contribution in [0.1, 0.15) is 5.89 Å². The summed E-state index contributed by atoms with van der Waals surface area (Å²) >= 11 is 0. The lowest BCUT2D eigenvalue weighted by Crippen LogP contribution is -2.28. The van der Waals surface area contributed by atoms with Gasteiger partial charge < -0.3 is 38.8 Å². The number of ether oxygens (including phenoxy) is 5. The van der Waals surface area contributed by atoms with E-state index in [-0.39, 0.29) is 12.4 Å². The van der Waals surface area contributed by atoms with Crippen LogP contribution in [0, 0.1) is 0 Å². The van der Waals surface area contributed by atoms with E-state index in [1.54, 1.807) is 30.3 Å². The maximum Gasteiger partial charge on any atom is 0.319 e. The molecule has 2 amide bonds. The van der Waals surface area contributed by atoms with Crippen molar-refractivity contribution in [2.24, 2.45) is 0 Å². The Labute approximate surface area is 184 Å². The summed E-state index contributed by atoms with van der Waals surface area (Å²) in [6, 6.07) is 7.97. The zero-order valence-electron chi connectivity index (χ0n) is 18.3. The minimum atomic E-state index is -0.465. The van der Waals surface area contributed by atoms with Crippen molar-refractivity contribution in [3.63, 3.8) is 0 Å². The molecular weight excluding hydrogens is 420 g/mol. The monoisotopic (exact) mass is 444 g/mol. The van der Waals surface area contributed by atoms with E-state index in [1.807, 2.05) is 0 Å². The molecule has 170 valence electrons. The number of aromatic nitrogens is 2. The highest BCUT2D eigenvalue weighted by Crippen LogP contribution is 2.40. The summed E-state index contributed by atoms with van der Waals surface area (Å²) in [5, 5.41) is 9.31. The van der Waals surface area contributed by atoms with E-state index < -0.39 is 6.03 Å². The molecule has 11 nitrogen and oxygen atoms in total. The molecule has 0 atom stereocenters. The summed E-state index contributed by atoms with van der Waals surface area (Å²) in [6.07, 6.45) is 0. The van der Waals surface area contributed by atoms with Crippen molar-refractivity contribution in [2.45, 2.75) is 6.54 Å². The normalized spacial score (nSPS) is 10.3. The van der Waals surface area contributed by atoms with E-state index in [9.17, 15) is 4.79 Å². The van der Waals surface area contributed by atoms with Gasteiger partial charge in [0.05, 0.1) is 42.1 Å². The largest absolute Gasteiger partial charge is 0.497 e. The number of benzene rings is 2. The van der Waals surface area contributed by atoms with Crippen LogP contribution in [0.25, 0.3) is 11.4 Å². The highest BCUT2D eigenvalue weighted by atomic mass is 16.5. The average Bonchev–Trinajstić information content (AvgIpc) is 3.30. The molecule has 1 aromatic heterocycles. The molecule has 3 aromatic rings. The fourth-order valence-electron chi connectivity index (χ4n) is 2.86. The minimum absolute atomic E-state index is 0.0182. The van der Waals surface area contributed by atoms with Gasteiger partial charge in [-0.3, -0.25) is 0 Å². The smallest absolute Gasteiger partial charge is 0.319 e. The number of anilines is 1. The molecule has 1 heterocycles. The van der Waals surface area contributed by atoms with Crippen LogP contribution in [0.2, 0.25) is 0 Å². The molecule has 11 heteroatoms. The summed E-state index contributed by atoms with van der Waals surface area (Å²) in [5.41, 5.74) is 1.10. The molecule has 0 aliphatic rings. The van der Waals surface area contributed by atoms with Gasteiger partial charge >= 0.3 is 6.03 Å². The van der Waals surface area contributed by atoms with Gasteiger partial charge in [-0.1, -0.05) is 5.16 Å². The van der Waals surface area contributed by atoms with Crippen LogP contribution in [0.5, 0.6) is 28.7 Å². The second kappa shape index (κ2) is 10.2. The first-order valence-corrected chi connectivity index (χ1v) is 9.42. The van der Waals surface area contributed by atoms with Crippen LogP contribution in [0.15, 0.2) is 34.9 Å². The third-order valence-corrected chi connectivity index (χ3v) is 4.40. The van der Waals surface area contributed by atoms with Crippen LogP contribution in [0.4, 0.5) is 10.5 Å². The average molecular weight is 444 g/mol. The van der Waals surface area contributed by atoms with Crippen LogP contribution in [-0.4, -0.2) is 51.7 Å². The Bertz CT molecular complexity index is 1040. The van der Waals surface area contributed by atoms with Gasteiger partial charge in [-0.2, -0.15) is 4.98 Å². The lowest BCUT2D eigenvalue weighted by molar-refractivity contribution is 0.249. The molecule has 2 N–H and O–H groups in total. The highest BCUT2D eigenvalue weighted by molar-refractivity contribution is 5.89. The maximum absolute atomic E-state index is 12.3. The fourth-order valence-corrected chi connectivity index (χ4v) is 2.86. The van der Waals surface area contributed by atoms with Gasteiger partial charge in [0.25, 0.3) is 0 Å². The number of carbonyl (C=O) groups excluding carboxylic acids is 1. The van der Waals surface area contributed by atoms with Gasteiger partial charge in [-0.25, -0.2) is 4.79 Å². The van der Waals surface area contributed by atoms with Gasteiger partial charge in [-0.05, 0) is 12.1 Å². The molecule has 0 saturated heterocycles. The topological polar surface area (TPSA) is 126 Å². The van der Waals surface area contributed by atoms with E-state index in [4.69, 9.17) is 28.2 Å². The predicted octanol–water partition coefficient (Wildman–Crippen LogP) is 3.10. The van der Waals surface area contributed by atoms with E-state index >= 15 is 0 Å². The Balaban J connectivity index is 1.68. The predicted molar refractivity (Wildman–Crippen MR) is 115 cm³/mol. The first-order valence-electron chi connectivity index (χ1n) is 9.42. The zero-order valence-corrected chi connectivity index (χ0v) is 18.3. The molecule has 32 heavy (non-hydrogen) atoms. The van der Waals surface area contributed by atoms with Crippen LogP contribution < -0.4 is 34.3 Å². The molecule has 0 unspecified atom stereocenters. The molecule has 2 aromatic carbocycles. The molecule has 0 spiro atoms. The molecule has 3 rings (SSSR count).